The van der Waals surface area contributed by atoms with Crippen LogP contribution in [0.3, 0.4) is 0 Å². The number of unbranched alkanes of at least 4 members (excludes halogenated alkanes) is 6. The average Bonchev–Trinajstić information content (AvgIpc) is 2.85. The summed E-state index contributed by atoms with van der Waals surface area (Å²) in [6.07, 6.45) is 4.52. The molecule has 2 rings (SSSR count). The smallest absolute Gasteiger partial charge is 0.220 e. The van der Waals surface area contributed by atoms with E-state index in [9.17, 15) is 30.3 Å². The van der Waals surface area contributed by atoms with Crippen LogP contribution >= 0.6 is 0 Å². The summed E-state index contributed by atoms with van der Waals surface area (Å²) in [6.45, 7) is 1.84. The van der Waals surface area contributed by atoms with Crippen LogP contribution in [0.2, 0.25) is 0 Å². The fourth-order valence-electron chi connectivity index (χ4n) is 4.28. The first-order valence-corrected chi connectivity index (χ1v) is 12.5. The van der Waals surface area contributed by atoms with Crippen LogP contribution in [0.4, 0.5) is 0 Å². The number of carbonyl (C=O) groups excluding carboxylic acids is 1. The Morgan fingerprint density at radius 3 is 2.26 bits per heavy atom. The van der Waals surface area contributed by atoms with Gasteiger partial charge in [0.05, 0.1) is 18.7 Å². The third-order valence-electron chi connectivity index (χ3n) is 6.45. The van der Waals surface area contributed by atoms with E-state index >= 15 is 0 Å². The molecule has 0 heterocycles. The van der Waals surface area contributed by atoms with Crippen LogP contribution in [0.25, 0.3) is 0 Å². The summed E-state index contributed by atoms with van der Waals surface area (Å²) in [5, 5.41) is 56.7. The van der Waals surface area contributed by atoms with Gasteiger partial charge in [0, 0.05) is 13.0 Å². The van der Waals surface area contributed by atoms with Crippen molar-refractivity contribution >= 4 is 5.91 Å². The predicted octanol–water partition coefficient (Wildman–Crippen LogP) is 1.32. The molecule has 8 nitrogen and oxygen atoms in total. The van der Waals surface area contributed by atoms with Crippen LogP contribution in [0.5, 0.6) is 0 Å². The number of hydrogen-bond donors (Lipinski definition) is 7. The second-order valence-electron chi connectivity index (χ2n) is 9.16. The molecule has 0 saturated carbocycles. The predicted molar refractivity (Wildman–Crippen MR) is 131 cm³/mol. The van der Waals surface area contributed by atoms with E-state index in [-0.39, 0.29) is 18.0 Å². The van der Waals surface area contributed by atoms with E-state index in [1.807, 2.05) is 18.2 Å². The van der Waals surface area contributed by atoms with E-state index in [2.05, 4.69) is 17.6 Å². The van der Waals surface area contributed by atoms with Gasteiger partial charge in [0.25, 0.3) is 0 Å². The minimum absolute atomic E-state index is 0.110. The van der Waals surface area contributed by atoms with Gasteiger partial charge in [0.2, 0.25) is 5.91 Å². The van der Waals surface area contributed by atoms with Crippen molar-refractivity contribution in [3.63, 3.8) is 0 Å². The molecule has 6 atom stereocenters. The zero-order chi connectivity index (χ0) is 24.9. The van der Waals surface area contributed by atoms with E-state index in [0.29, 0.717) is 12.0 Å². The lowest BCUT2D eigenvalue weighted by molar-refractivity contribution is -0.122. The molecular formula is C26H42N2O6. The van der Waals surface area contributed by atoms with Gasteiger partial charge in [-0.05, 0) is 17.6 Å². The maximum absolute atomic E-state index is 12.6. The Morgan fingerprint density at radius 2 is 1.62 bits per heavy atom. The summed E-state index contributed by atoms with van der Waals surface area (Å²) < 4.78 is 0. The first-order valence-electron chi connectivity index (χ1n) is 12.5. The highest BCUT2D eigenvalue weighted by Gasteiger charge is 2.37. The van der Waals surface area contributed by atoms with Crippen molar-refractivity contribution in [1.82, 2.24) is 10.6 Å². The van der Waals surface area contributed by atoms with Crippen molar-refractivity contribution in [2.45, 2.75) is 94.8 Å². The molecule has 192 valence electrons. The average molecular weight is 479 g/mol. The first kappa shape index (κ1) is 28.4. The van der Waals surface area contributed by atoms with E-state index in [4.69, 9.17) is 0 Å². The Labute approximate surface area is 202 Å². The Morgan fingerprint density at radius 1 is 0.971 bits per heavy atom. The lowest BCUT2D eigenvalue weighted by atomic mass is 9.88. The summed E-state index contributed by atoms with van der Waals surface area (Å²) in [5.41, 5.74) is 0.857. The highest BCUT2D eigenvalue weighted by Crippen LogP contribution is 2.21. The maximum atomic E-state index is 12.6. The molecule has 1 aliphatic carbocycles. The molecule has 1 aromatic rings. The van der Waals surface area contributed by atoms with Crippen LogP contribution < -0.4 is 10.6 Å². The zero-order valence-corrected chi connectivity index (χ0v) is 20.1. The summed E-state index contributed by atoms with van der Waals surface area (Å²) in [7, 11) is 0. The van der Waals surface area contributed by atoms with Crippen LogP contribution in [-0.4, -0.2) is 75.0 Å². The van der Waals surface area contributed by atoms with E-state index in [1.165, 1.54) is 31.8 Å². The van der Waals surface area contributed by atoms with Crippen molar-refractivity contribution in [2.75, 3.05) is 13.2 Å². The van der Waals surface area contributed by atoms with Crippen LogP contribution in [0, 0.1) is 0 Å². The van der Waals surface area contributed by atoms with Gasteiger partial charge in [0.15, 0.2) is 0 Å². The molecular weight excluding hydrogens is 436 g/mol. The van der Waals surface area contributed by atoms with Gasteiger partial charge < -0.3 is 36.2 Å². The topological polar surface area (TPSA) is 142 Å². The number of hydrogen-bond acceptors (Lipinski definition) is 7. The molecule has 8 heteroatoms. The first-order chi connectivity index (χ1) is 16.4. The van der Waals surface area contributed by atoms with Gasteiger partial charge in [-0.1, -0.05) is 81.9 Å². The van der Waals surface area contributed by atoms with Crippen LogP contribution in [0.15, 0.2) is 42.0 Å². The Kier molecular flexibility index (Phi) is 12.7. The second-order valence-corrected chi connectivity index (χ2v) is 9.16. The van der Waals surface area contributed by atoms with E-state index in [0.717, 1.165) is 19.3 Å². The number of rotatable bonds is 15. The monoisotopic (exact) mass is 478 g/mol. The molecule has 7 N–H and O–H groups in total. The van der Waals surface area contributed by atoms with Crippen molar-refractivity contribution in [3.8, 4) is 0 Å². The summed E-state index contributed by atoms with van der Waals surface area (Å²) in [4.78, 5) is 12.6. The third-order valence-corrected chi connectivity index (χ3v) is 6.45. The molecule has 1 aliphatic rings. The van der Waals surface area contributed by atoms with Gasteiger partial charge in [-0.2, -0.15) is 0 Å². The highest BCUT2D eigenvalue weighted by molar-refractivity contribution is 5.76. The van der Waals surface area contributed by atoms with E-state index < -0.39 is 43.1 Å². The molecule has 0 bridgehead atoms. The molecule has 0 radical (unpaired) electrons. The SMILES string of the molecule is CCCCCCCCCC(=O)NC(CN[C@@H]1C=C(CO)C(O)[C@H](O)C1O)C(O)c1ccccc1. The lowest BCUT2D eigenvalue weighted by Gasteiger charge is -2.36. The van der Waals surface area contributed by atoms with Crippen molar-refractivity contribution in [3.05, 3.63) is 47.5 Å². The molecule has 0 fully saturated rings. The minimum atomic E-state index is -1.45. The van der Waals surface area contributed by atoms with Gasteiger partial charge in [-0.15, -0.1) is 0 Å². The molecule has 0 saturated heterocycles. The minimum Gasteiger partial charge on any atom is -0.392 e. The van der Waals surface area contributed by atoms with Crippen LogP contribution in [0.1, 0.15) is 70.0 Å². The van der Waals surface area contributed by atoms with Gasteiger partial charge in [-0.3, -0.25) is 4.79 Å². The molecule has 34 heavy (non-hydrogen) atoms. The van der Waals surface area contributed by atoms with Gasteiger partial charge >= 0.3 is 0 Å². The highest BCUT2D eigenvalue weighted by atomic mass is 16.4. The van der Waals surface area contributed by atoms with Crippen molar-refractivity contribution in [1.29, 1.82) is 0 Å². The Hall–Kier alpha value is -1.81. The number of benzene rings is 1. The second kappa shape index (κ2) is 15.2. The number of carbonyl (C=O) groups is 1. The lowest BCUT2D eigenvalue weighted by Crippen LogP contribution is -2.56. The summed E-state index contributed by atoms with van der Waals surface area (Å²) >= 11 is 0. The summed E-state index contributed by atoms with van der Waals surface area (Å²) in [5.74, 6) is -0.151. The molecule has 0 spiro atoms. The number of nitrogens with one attached hydrogen (secondary N) is 2. The van der Waals surface area contributed by atoms with Crippen molar-refractivity contribution in [2.24, 2.45) is 0 Å². The largest absolute Gasteiger partial charge is 0.392 e. The fraction of sp³-hybridized carbons (Fsp3) is 0.654. The van der Waals surface area contributed by atoms with Gasteiger partial charge in [0.1, 0.15) is 24.4 Å². The fourth-order valence-corrected chi connectivity index (χ4v) is 4.28. The van der Waals surface area contributed by atoms with Gasteiger partial charge in [-0.25, -0.2) is 0 Å². The quantitative estimate of drug-likeness (QED) is 0.149. The number of aliphatic hydroxyl groups is 5. The zero-order valence-electron chi connectivity index (χ0n) is 20.1. The molecule has 4 unspecified atom stereocenters. The van der Waals surface area contributed by atoms with Crippen molar-refractivity contribution < 1.29 is 30.3 Å². The summed E-state index contributed by atoms with van der Waals surface area (Å²) in [6, 6.07) is 7.57. The normalized spacial score (nSPS) is 24.4. The Balaban J connectivity index is 1.97. The molecule has 1 aromatic carbocycles. The Bertz CT molecular complexity index is 744. The number of aliphatic hydroxyl groups excluding tert-OH is 5. The standard InChI is InChI=1S/C26H42N2O6/c1-2-3-4-5-6-7-11-14-22(30)28-21(23(31)18-12-9-8-10-13-18)16-27-20-15-19(17-29)24(32)26(34)25(20)33/h8-10,12-13,15,20-21,23-27,29,31-34H,2-7,11,14,16-17H2,1H3,(H,28,30)/t20-,21?,23?,24?,25?,26+/m1/s1. The maximum Gasteiger partial charge on any atom is 0.220 e. The number of amides is 1. The molecule has 0 aromatic heterocycles. The molecule has 1 amide bonds. The third kappa shape index (κ3) is 8.76. The van der Waals surface area contributed by atoms with E-state index in [1.54, 1.807) is 12.1 Å². The van der Waals surface area contributed by atoms with Crippen LogP contribution in [-0.2, 0) is 4.79 Å². The molecule has 0 aliphatic heterocycles.